The number of fused-ring (bicyclic) bond motifs is 1. The second-order valence-corrected chi connectivity index (χ2v) is 7.95. The average molecular weight is 427 g/mol. The molecule has 3 rings (SSSR count). The average Bonchev–Trinajstić information content (AvgIpc) is 3.14. The van der Waals surface area contributed by atoms with E-state index in [4.69, 9.17) is 5.73 Å². The SMILES string of the molecule is CCC(CC)Nc1nc(C)c(C)nc1N.CCC(CC)n1cnc2nc(C)c(C)nc21. The van der Waals surface area contributed by atoms with Gasteiger partial charge in [0, 0.05) is 12.1 Å². The van der Waals surface area contributed by atoms with Gasteiger partial charge in [-0.1, -0.05) is 27.7 Å². The predicted octanol–water partition coefficient (Wildman–Crippen LogP) is 5.08. The van der Waals surface area contributed by atoms with Gasteiger partial charge in [-0.05, 0) is 53.4 Å². The van der Waals surface area contributed by atoms with E-state index >= 15 is 0 Å². The van der Waals surface area contributed by atoms with Crippen molar-refractivity contribution in [1.82, 2.24) is 29.5 Å². The number of nitrogens with two attached hydrogens (primary N) is 1. The van der Waals surface area contributed by atoms with E-state index < -0.39 is 0 Å². The molecule has 3 heterocycles. The summed E-state index contributed by atoms with van der Waals surface area (Å²) < 4.78 is 2.15. The Balaban J connectivity index is 0.000000221. The minimum absolute atomic E-state index is 0.420. The molecule has 0 saturated heterocycles. The molecule has 8 nitrogen and oxygen atoms in total. The van der Waals surface area contributed by atoms with Gasteiger partial charge >= 0.3 is 0 Å². The zero-order valence-electron chi connectivity index (χ0n) is 20.3. The number of rotatable bonds is 7. The highest BCUT2D eigenvalue weighted by Crippen LogP contribution is 2.21. The monoisotopic (exact) mass is 426 g/mol. The molecule has 0 aliphatic carbocycles. The maximum Gasteiger partial charge on any atom is 0.197 e. The Hall–Kier alpha value is -2.77. The van der Waals surface area contributed by atoms with E-state index in [0.717, 1.165) is 59.8 Å². The van der Waals surface area contributed by atoms with Gasteiger partial charge in [-0.3, -0.25) is 0 Å². The maximum absolute atomic E-state index is 5.81. The molecule has 3 aromatic rings. The lowest BCUT2D eigenvalue weighted by Gasteiger charge is -2.17. The molecule has 0 fully saturated rings. The number of nitrogen functional groups attached to an aromatic ring is 1. The van der Waals surface area contributed by atoms with Crippen LogP contribution in [0.2, 0.25) is 0 Å². The number of aromatic nitrogens is 6. The molecule has 3 N–H and O–H groups in total. The van der Waals surface area contributed by atoms with Gasteiger partial charge in [0.2, 0.25) is 0 Å². The van der Waals surface area contributed by atoms with E-state index in [0.29, 0.717) is 23.7 Å². The van der Waals surface area contributed by atoms with Crippen LogP contribution in [0.25, 0.3) is 11.3 Å². The van der Waals surface area contributed by atoms with Crippen molar-refractivity contribution in [2.24, 2.45) is 0 Å². The van der Waals surface area contributed by atoms with Gasteiger partial charge in [-0.2, -0.15) is 0 Å². The van der Waals surface area contributed by atoms with Crippen molar-refractivity contribution in [3.05, 3.63) is 29.1 Å². The fourth-order valence-corrected chi connectivity index (χ4v) is 3.37. The minimum atomic E-state index is 0.420. The van der Waals surface area contributed by atoms with Crippen LogP contribution in [-0.4, -0.2) is 35.5 Å². The van der Waals surface area contributed by atoms with Gasteiger partial charge in [0.25, 0.3) is 0 Å². The van der Waals surface area contributed by atoms with Crippen LogP contribution < -0.4 is 11.1 Å². The van der Waals surface area contributed by atoms with Crippen LogP contribution in [0.3, 0.4) is 0 Å². The fraction of sp³-hybridized carbons (Fsp3) is 0.609. The molecule has 8 heteroatoms. The fourth-order valence-electron chi connectivity index (χ4n) is 3.37. The lowest BCUT2D eigenvalue weighted by Crippen LogP contribution is -2.20. The van der Waals surface area contributed by atoms with E-state index in [1.165, 1.54) is 0 Å². The second kappa shape index (κ2) is 11.0. The Bertz CT molecular complexity index is 987. The van der Waals surface area contributed by atoms with Crippen molar-refractivity contribution in [3.63, 3.8) is 0 Å². The van der Waals surface area contributed by atoms with Gasteiger partial charge in [-0.15, -0.1) is 0 Å². The third-order valence-corrected chi connectivity index (χ3v) is 5.82. The van der Waals surface area contributed by atoms with Crippen LogP contribution in [0.5, 0.6) is 0 Å². The molecule has 0 saturated carbocycles. The predicted molar refractivity (Wildman–Crippen MR) is 128 cm³/mol. The molecule has 0 aliphatic heterocycles. The highest BCUT2D eigenvalue weighted by atomic mass is 15.2. The maximum atomic E-state index is 5.81. The first-order valence-corrected chi connectivity index (χ1v) is 11.3. The van der Waals surface area contributed by atoms with E-state index in [1.54, 1.807) is 0 Å². The first kappa shape index (κ1) is 24.5. The summed E-state index contributed by atoms with van der Waals surface area (Å²) in [5, 5.41) is 3.32. The van der Waals surface area contributed by atoms with Gasteiger partial charge in [0.1, 0.15) is 0 Å². The Kier molecular flexibility index (Phi) is 8.71. The van der Waals surface area contributed by atoms with Crippen LogP contribution in [0, 0.1) is 27.7 Å². The summed E-state index contributed by atoms with van der Waals surface area (Å²) in [5.41, 5.74) is 11.3. The van der Waals surface area contributed by atoms with Crippen LogP contribution in [-0.2, 0) is 0 Å². The highest BCUT2D eigenvalue weighted by Gasteiger charge is 2.13. The lowest BCUT2D eigenvalue weighted by molar-refractivity contribution is 0.480. The van der Waals surface area contributed by atoms with Crippen molar-refractivity contribution in [2.45, 2.75) is 93.2 Å². The quantitative estimate of drug-likeness (QED) is 0.542. The molecule has 0 spiro atoms. The second-order valence-electron chi connectivity index (χ2n) is 7.95. The van der Waals surface area contributed by atoms with Crippen molar-refractivity contribution in [3.8, 4) is 0 Å². The molecular weight excluding hydrogens is 388 g/mol. The van der Waals surface area contributed by atoms with Gasteiger partial charge < -0.3 is 15.6 Å². The van der Waals surface area contributed by atoms with E-state index in [-0.39, 0.29) is 0 Å². The molecule has 0 bridgehead atoms. The third-order valence-electron chi connectivity index (χ3n) is 5.82. The Morgan fingerprint density at radius 1 is 0.806 bits per heavy atom. The highest BCUT2D eigenvalue weighted by molar-refractivity contribution is 5.66. The molecule has 0 aromatic carbocycles. The van der Waals surface area contributed by atoms with E-state index in [1.807, 2.05) is 34.0 Å². The lowest BCUT2D eigenvalue weighted by atomic mass is 10.2. The number of aryl methyl sites for hydroxylation is 4. The molecule has 0 amide bonds. The first-order valence-electron chi connectivity index (χ1n) is 11.3. The first-order chi connectivity index (χ1) is 14.7. The van der Waals surface area contributed by atoms with Crippen LogP contribution >= 0.6 is 0 Å². The number of imidazole rings is 1. The van der Waals surface area contributed by atoms with Crippen LogP contribution in [0.1, 0.15) is 82.2 Å². The summed E-state index contributed by atoms with van der Waals surface area (Å²) in [5.74, 6) is 1.21. The van der Waals surface area contributed by atoms with Gasteiger partial charge in [0.15, 0.2) is 22.9 Å². The summed E-state index contributed by atoms with van der Waals surface area (Å²) in [4.78, 5) is 22.0. The molecule has 0 radical (unpaired) electrons. The summed E-state index contributed by atoms with van der Waals surface area (Å²) in [6, 6.07) is 0.894. The smallest absolute Gasteiger partial charge is 0.197 e. The van der Waals surface area contributed by atoms with Crippen molar-refractivity contribution in [2.75, 3.05) is 11.1 Å². The number of nitrogens with one attached hydrogen (secondary N) is 1. The minimum Gasteiger partial charge on any atom is -0.381 e. The summed E-state index contributed by atoms with van der Waals surface area (Å²) in [7, 11) is 0. The zero-order chi connectivity index (χ0) is 23.1. The molecule has 0 aliphatic rings. The Morgan fingerprint density at radius 2 is 1.35 bits per heavy atom. The summed E-state index contributed by atoms with van der Waals surface area (Å²) in [6.45, 7) is 16.5. The molecule has 0 unspecified atom stereocenters. The molecular formula is C23H38N8. The molecule has 3 aromatic heterocycles. The largest absolute Gasteiger partial charge is 0.381 e. The number of hydrogen-bond acceptors (Lipinski definition) is 7. The topological polar surface area (TPSA) is 107 Å². The molecule has 31 heavy (non-hydrogen) atoms. The van der Waals surface area contributed by atoms with E-state index in [2.05, 4.69) is 62.5 Å². The zero-order valence-corrected chi connectivity index (χ0v) is 20.3. The number of anilines is 2. The normalized spacial score (nSPS) is 11.2. The summed E-state index contributed by atoms with van der Waals surface area (Å²) >= 11 is 0. The van der Waals surface area contributed by atoms with Crippen molar-refractivity contribution >= 4 is 22.9 Å². The number of hydrogen-bond donors (Lipinski definition) is 2. The summed E-state index contributed by atoms with van der Waals surface area (Å²) in [6.07, 6.45) is 6.17. The number of nitrogens with zero attached hydrogens (tertiary/aromatic N) is 6. The van der Waals surface area contributed by atoms with Gasteiger partial charge in [0.05, 0.1) is 29.1 Å². The van der Waals surface area contributed by atoms with Gasteiger partial charge in [-0.25, -0.2) is 24.9 Å². The van der Waals surface area contributed by atoms with E-state index in [9.17, 15) is 0 Å². The standard InChI is InChI=1S/C12H18N4.C11H20N4/c1-5-10(6-2)16-7-13-11-12(16)15-9(4)8(3)14-11;1-5-9(6-2)15-11-10(12)13-7(3)8(4)14-11/h7,10H,5-6H2,1-4H3;9H,5-6H2,1-4H3,(H2,12,13)(H,14,15). The molecule has 170 valence electrons. The van der Waals surface area contributed by atoms with Crippen LogP contribution in [0.15, 0.2) is 6.33 Å². The Labute approximate surface area is 186 Å². The Morgan fingerprint density at radius 3 is 1.94 bits per heavy atom. The van der Waals surface area contributed by atoms with Crippen molar-refractivity contribution < 1.29 is 0 Å². The van der Waals surface area contributed by atoms with Crippen molar-refractivity contribution in [1.29, 1.82) is 0 Å². The molecule has 0 atom stereocenters. The third kappa shape index (κ3) is 5.89. The van der Waals surface area contributed by atoms with Crippen LogP contribution in [0.4, 0.5) is 11.6 Å².